The summed E-state index contributed by atoms with van der Waals surface area (Å²) < 4.78 is 0. The number of rotatable bonds is 3. The Kier molecular flexibility index (Phi) is 4.66. The maximum absolute atomic E-state index is 12.9. The van der Waals surface area contributed by atoms with E-state index in [9.17, 15) is 4.79 Å². The zero-order valence-electron chi connectivity index (χ0n) is 16.1. The number of hydrogen-bond acceptors (Lipinski definition) is 5. The first-order valence-corrected chi connectivity index (χ1v) is 9.93. The van der Waals surface area contributed by atoms with Gasteiger partial charge in [0, 0.05) is 34.5 Å². The van der Waals surface area contributed by atoms with Gasteiger partial charge >= 0.3 is 0 Å². The average Bonchev–Trinajstić information content (AvgIpc) is 2.81. The predicted molar refractivity (Wildman–Crippen MR) is 121 cm³/mol. The second kappa shape index (κ2) is 7.63. The highest BCUT2D eigenvalue weighted by Gasteiger charge is 2.17. The summed E-state index contributed by atoms with van der Waals surface area (Å²) in [7, 11) is 0. The van der Waals surface area contributed by atoms with Crippen LogP contribution in [0.3, 0.4) is 0 Å². The lowest BCUT2D eigenvalue weighted by Gasteiger charge is -2.12. The number of hydrogen-bond donors (Lipinski definition) is 1. The molecule has 3 aromatic heterocycles. The van der Waals surface area contributed by atoms with Crippen molar-refractivity contribution in [3.63, 3.8) is 0 Å². The van der Waals surface area contributed by atoms with Crippen molar-refractivity contribution in [3.8, 4) is 28.6 Å². The third kappa shape index (κ3) is 3.31. The number of aromatic nitrogens is 4. The summed E-state index contributed by atoms with van der Waals surface area (Å²) in [6.45, 7) is 0. The molecule has 6 nitrogen and oxygen atoms in total. The zero-order chi connectivity index (χ0) is 21.4. The van der Waals surface area contributed by atoms with E-state index >= 15 is 0 Å². The fourth-order valence-corrected chi connectivity index (χ4v) is 3.84. The minimum Gasteiger partial charge on any atom is -0.344 e. The molecule has 0 spiro atoms. The second-order valence-corrected chi connectivity index (χ2v) is 7.40. The Balaban J connectivity index is 1.86. The van der Waals surface area contributed by atoms with E-state index in [1.165, 1.54) is 6.20 Å². The van der Waals surface area contributed by atoms with Crippen LogP contribution < -0.4 is 5.43 Å². The van der Waals surface area contributed by atoms with E-state index in [2.05, 4.69) is 9.97 Å². The monoisotopic (exact) mass is 423 g/mol. The molecule has 0 radical (unpaired) electrons. The van der Waals surface area contributed by atoms with Gasteiger partial charge < -0.3 is 4.98 Å². The highest BCUT2D eigenvalue weighted by atomic mass is 35.5. The van der Waals surface area contributed by atoms with Crippen LogP contribution in [0.2, 0.25) is 5.02 Å². The van der Waals surface area contributed by atoms with E-state index in [1.807, 2.05) is 54.6 Å². The second-order valence-electron chi connectivity index (χ2n) is 7.00. The van der Waals surface area contributed by atoms with Crippen LogP contribution in [0.1, 0.15) is 5.56 Å². The SMILES string of the molecule is N#CCc1c[nH]c2nc(-c3ccccc3)c(-c3cc(Cl)c4ncccc4c3)nc2c1=O. The van der Waals surface area contributed by atoms with E-state index in [0.717, 1.165) is 16.5 Å². The molecule has 1 N–H and O–H groups in total. The largest absolute Gasteiger partial charge is 0.344 e. The third-order valence-corrected chi connectivity index (χ3v) is 5.32. The molecule has 2 aromatic carbocycles. The highest BCUT2D eigenvalue weighted by molar-refractivity contribution is 6.35. The van der Waals surface area contributed by atoms with Crippen LogP contribution in [-0.4, -0.2) is 19.9 Å². The minimum atomic E-state index is -0.308. The smallest absolute Gasteiger partial charge is 0.213 e. The molecule has 0 saturated heterocycles. The normalized spacial score (nSPS) is 11.0. The van der Waals surface area contributed by atoms with Crippen LogP contribution in [0.5, 0.6) is 0 Å². The molecule has 31 heavy (non-hydrogen) atoms. The van der Waals surface area contributed by atoms with E-state index in [4.69, 9.17) is 26.8 Å². The van der Waals surface area contributed by atoms with Crippen molar-refractivity contribution in [2.75, 3.05) is 0 Å². The summed E-state index contributed by atoms with van der Waals surface area (Å²) in [5, 5.41) is 10.4. The summed E-state index contributed by atoms with van der Waals surface area (Å²) in [6.07, 6.45) is 3.21. The van der Waals surface area contributed by atoms with Crippen molar-refractivity contribution in [3.05, 3.63) is 87.8 Å². The molecule has 0 unspecified atom stereocenters. The molecule has 148 valence electrons. The van der Waals surface area contributed by atoms with Gasteiger partial charge in [0.15, 0.2) is 11.2 Å². The molecule has 0 saturated carbocycles. The van der Waals surface area contributed by atoms with Gasteiger partial charge in [-0.1, -0.05) is 48.0 Å². The molecule has 3 heterocycles. The van der Waals surface area contributed by atoms with Gasteiger partial charge in [0.2, 0.25) is 5.43 Å². The fraction of sp³-hybridized carbons (Fsp3) is 0.0417. The number of H-pyrrole nitrogens is 1. The first-order valence-electron chi connectivity index (χ1n) is 9.55. The summed E-state index contributed by atoms with van der Waals surface area (Å²) in [6, 6.07) is 19.1. The van der Waals surface area contributed by atoms with E-state index in [-0.39, 0.29) is 17.4 Å². The lowest BCUT2D eigenvalue weighted by Crippen LogP contribution is -2.13. The van der Waals surface area contributed by atoms with Crippen molar-refractivity contribution in [2.24, 2.45) is 0 Å². The molecule has 7 heteroatoms. The Hall–Kier alpha value is -4.08. The third-order valence-electron chi connectivity index (χ3n) is 5.03. The number of nitrogens with one attached hydrogen (secondary N) is 1. The van der Waals surface area contributed by atoms with Gasteiger partial charge in [-0.3, -0.25) is 9.78 Å². The van der Waals surface area contributed by atoms with E-state index < -0.39 is 0 Å². The number of fused-ring (bicyclic) bond motifs is 2. The number of nitrogens with zero attached hydrogens (tertiary/aromatic N) is 4. The molecule has 5 aromatic rings. The van der Waals surface area contributed by atoms with E-state index in [0.29, 0.717) is 33.1 Å². The molecule has 0 aliphatic rings. The highest BCUT2D eigenvalue weighted by Crippen LogP contribution is 2.34. The van der Waals surface area contributed by atoms with Gasteiger partial charge in [-0.05, 0) is 18.2 Å². The molecule has 0 aliphatic carbocycles. The molecule has 5 rings (SSSR count). The van der Waals surface area contributed by atoms with Crippen LogP contribution >= 0.6 is 11.6 Å². The number of benzene rings is 2. The van der Waals surface area contributed by atoms with Gasteiger partial charge in [0.05, 0.1) is 34.4 Å². The average molecular weight is 424 g/mol. The Morgan fingerprint density at radius 2 is 1.77 bits per heavy atom. The first kappa shape index (κ1) is 18.9. The Morgan fingerprint density at radius 1 is 0.968 bits per heavy atom. The number of aromatic amines is 1. The van der Waals surface area contributed by atoms with Crippen molar-refractivity contribution in [1.29, 1.82) is 5.26 Å². The number of nitriles is 1. The quantitative estimate of drug-likeness (QED) is 0.444. The molecule has 0 atom stereocenters. The van der Waals surface area contributed by atoms with Crippen LogP contribution in [-0.2, 0) is 6.42 Å². The van der Waals surface area contributed by atoms with Gasteiger partial charge in [-0.2, -0.15) is 5.26 Å². The Morgan fingerprint density at radius 3 is 2.58 bits per heavy atom. The van der Waals surface area contributed by atoms with Crippen LogP contribution in [0.15, 0.2) is 71.8 Å². The lowest BCUT2D eigenvalue weighted by molar-refractivity contribution is 1.15. The number of halogens is 1. The van der Waals surface area contributed by atoms with Crippen LogP contribution in [0, 0.1) is 11.3 Å². The molecular weight excluding hydrogens is 410 g/mol. The van der Waals surface area contributed by atoms with E-state index in [1.54, 1.807) is 12.3 Å². The maximum atomic E-state index is 12.9. The van der Waals surface area contributed by atoms with Gasteiger partial charge in [-0.25, -0.2) is 9.97 Å². The maximum Gasteiger partial charge on any atom is 0.213 e. The fourth-order valence-electron chi connectivity index (χ4n) is 3.57. The predicted octanol–water partition coefficient (Wildman–Crippen LogP) is 4.92. The van der Waals surface area contributed by atoms with Crippen LogP contribution in [0.4, 0.5) is 0 Å². The van der Waals surface area contributed by atoms with Crippen LogP contribution in [0.25, 0.3) is 44.6 Å². The molecule has 0 aliphatic heterocycles. The summed E-state index contributed by atoms with van der Waals surface area (Å²) in [5.41, 5.74) is 4.02. The summed E-state index contributed by atoms with van der Waals surface area (Å²) >= 11 is 6.51. The van der Waals surface area contributed by atoms with Gasteiger partial charge in [0.1, 0.15) is 0 Å². The van der Waals surface area contributed by atoms with Crippen molar-refractivity contribution >= 4 is 33.7 Å². The molecular formula is C24H14ClN5O. The van der Waals surface area contributed by atoms with Crippen molar-refractivity contribution in [1.82, 2.24) is 19.9 Å². The minimum absolute atomic E-state index is 0.00377. The lowest BCUT2D eigenvalue weighted by atomic mass is 10.0. The Labute approximate surface area is 181 Å². The molecule has 0 fully saturated rings. The molecule has 0 amide bonds. The van der Waals surface area contributed by atoms with Gasteiger partial charge in [-0.15, -0.1) is 0 Å². The molecule has 0 bridgehead atoms. The number of pyridine rings is 2. The first-order chi connectivity index (χ1) is 15.2. The van der Waals surface area contributed by atoms with Crippen molar-refractivity contribution in [2.45, 2.75) is 6.42 Å². The standard InChI is InChI=1S/C24H14ClN5O/c25-18-12-17(11-15-7-4-10-27-19(15)18)21-20(14-5-2-1-3-6-14)30-24-22(29-21)23(31)16(8-9-26)13-28-24/h1-7,10-13H,8H2,(H,28,30,31). The summed E-state index contributed by atoms with van der Waals surface area (Å²) in [4.78, 5) is 29.7. The van der Waals surface area contributed by atoms with Gasteiger partial charge in [0.25, 0.3) is 0 Å². The Bertz CT molecular complexity index is 1550. The van der Waals surface area contributed by atoms with Crippen molar-refractivity contribution < 1.29 is 0 Å². The topological polar surface area (TPSA) is 95.3 Å². The zero-order valence-corrected chi connectivity index (χ0v) is 16.9. The summed E-state index contributed by atoms with van der Waals surface area (Å²) in [5.74, 6) is 0.